The van der Waals surface area contributed by atoms with Gasteiger partial charge in [0.05, 0.1) is 23.1 Å². The Morgan fingerprint density at radius 1 is 0.696 bits per heavy atom. The van der Waals surface area contributed by atoms with Crippen LogP contribution in [-0.4, -0.2) is 29.8 Å². The number of rotatable bonds is 13. The number of unbranched alkanes of at least 4 members (excludes halogenated alkanes) is 5. The van der Waals surface area contributed by atoms with Crippen molar-refractivity contribution in [1.29, 1.82) is 0 Å². The van der Waals surface area contributed by atoms with Crippen LogP contribution in [-0.2, 0) is 0 Å². The average Bonchev–Trinajstić information content (AvgIpc) is 3.20. The van der Waals surface area contributed by atoms with Crippen molar-refractivity contribution in [2.45, 2.75) is 72.3 Å². The molecular formula is C48H53N8+. The summed E-state index contributed by atoms with van der Waals surface area (Å²) in [6, 6.07) is 33.7. The molecule has 8 rings (SSSR count). The molecule has 0 saturated carbocycles. The maximum absolute atomic E-state index is 6.41. The van der Waals surface area contributed by atoms with Crippen LogP contribution in [0.3, 0.4) is 0 Å². The number of aliphatic imine (C=N–C) groups is 1. The molecule has 6 N–H and O–H groups in total. The maximum atomic E-state index is 6.41. The first-order valence-corrected chi connectivity index (χ1v) is 20.1. The lowest BCUT2D eigenvalue weighted by atomic mass is 9.93. The average molecular weight is 742 g/mol. The molecule has 2 aliphatic rings. The van der Waals surface area contributed by atoms with Crippen molar-refractivity contribution in [2.75, 3.05) is 34.8 Å². The van der Waals surface area contributed by atoms with Gasteiger partial charge in [-0.25, -0.2) is 9.98 Å². The summed E-state index contributed by atoms with van der Waals surface area (Å²) >= 11 is 0. The predicted octanol–water partition coefficient (Wildman–Crippen LogP) is 10.2. The zero-order valence-corrected chi connectivity index (χ0v) is 33.1. The van der Waals surface area contributed by atoms with E-state index in [1.807, 2.05) is 13.8 Å². The Hall–Kier alpha value is -6.15. The normalized spacial score (nSPS) is 14.9. The van der Waals surface area contributed by atoms with Gasteiger partial charge in [-0.2, -0.15) is 0 Å². The van der Waals surface area contributed by atoms with Crippen LogP contribution >= 0.6 is 0 Å². The van der Waals surface area contributed by atoms with Gasteiger partial charge in [0.15, 0.2) is 0 Å². The molecule has 1 atom stereocenters. The van der Waals surface area contributed by atoms with Crippen LogP contribution in [0.4, 0.5) is 34.1 Å². The quantitative estimate of drug-likeness (QED) is 0.0406. The number of hydrogen-bond acceptors (Lipinski definition) is 7. The fraction of sp³-hybridized carbons (Fsp3) is 0.271. The summed E-state index contributed by atoms with van der Waals surface area (Å²) in [5, 5.41) is 7.50. The number of para-hydroxylation sites is 2. The van der Waals surface area contributed by atoms with Gasteiger partial charge >= 0.3 is 0 Å². The number of fused-ring (bicyclic) bond motifs is 4. The van der Waals surface area contributed by atoms with Gasteiger partial charge in [-0.05, 0) is 112 Å². The second kappa shape index (κ2) is 15.9. The summed E-state index contributed by atoms with van der Waals surface area (Å²) in [5.74, 6) is 0. The highest BCUT2D eigenvalue weighted by molar-refractivity contribution is 6.10. The van der Waals surface area contributed by atoms with Crippen LogP contribution in [0.1, 0.15) is 62.1 Å². The van der Waals surface area contributed by atoms with Crippen molar-refractivity contribution >= 4 is 61.9 Å². The summed E-state index contributed by atoms with van der Waals surface area (Å²) in [5.41, 5.74) is 30.5. The highest BCUT2D eigenvalue weighted by Gasteiger charge is 2.32. The zero-order valence-electron chi connectivity index (χ0n) is 33.1. The molecule has 0 bridgehead atoms. The molecule has 8 nitrogen and oxygen atoms in total. The Morgan fingerprint density at radius 2 is 1.36 bits per heavy atom. The molecule has 0 amide bonds. The van der Waals surface area contributed by atoms with Gasteiger partial charge in [0.2, 0.25) is 16.7 Å². The molecule has 5 aromatic carbocycles. The fourth-order valence-corrected chi connectivity index (χ4v) is 8.13. The SMILES string of the molecule is CC1=CC2=Nc3cc(C)c(N)cc3N(c3ccccc3)C2C=C1NCCCCCCCCNc1ccc2nc3cc(C)c(N)cc3[n+](-c3ccccc3)c2c1C. The third-order valence-electron chi connectivity index (χ3n) is 11.3. The van der Waals surface area contributed by atoms with Crippen molar-refractivity contribution in [1.82, 2.24) is 10.3 Å². The minimum Gasteiger partial charge on any atom is -0.398 e. The summed E-state index contributed by atoms with van der Waals surface area (Å²) in [7, 11) is 0. The van der Waals surface area contributed by atoms with Gasteiger partial charge in [0.25, 0.3) is 0 Å². The van der Waals surface area contributed by atoms with Crippen LogP contribution in [0.15, 0.2) is 125 Å². The highest BCUT2D eigenvalue weighted by atomic mass is 15.2. The molecule has 284 valence electrons. The number of nitrogens with zero attached hydrogens (tertiary/aromatic N) is 4. The van der Waals surface area contributed by atoms with E-state index >= 15 is 0 Å². The molecule has 1 aliphatic heterocycles. The second-order valence-electron chi connectivity index (χ2n) is 15.4. The number of hydrogen-bond donors (Lipinski definition) is 4. The number of nitrogens with two attached hydrogens (primary N) is 2. The lowest BCUT2D eigenvalue weighted by Gasteiger charge is -2.39. The van der Waals surface area contributed by atoms with Crippen LogP contribution in [0.5, 0.6) is 0 Å². The summed E-state index contributed by atoms with van der Waals surface area (Å²) in [4.78, 5) is 12.5. The molecule has 8 heteroatoms. The lowest BCUT2D eigenvalue weighted by molar-refractivity contribution is -0.538. The van der Waals surface area contributed by atoms with Gasteiger partial charge in [0.1, 0.15) is 11.0 Å². The van der Waals surface area contributed by atoms with E-state index in [0.29, 0.717) is 0 Å². The van der Waals surface area contributed by atoms with Crippen molar-refractivity contribution in [3.63, 3.8) is 0 Å². The first kappa shape index (κ1) is 36.8. The van der Waals surface area contributed by atoms with Crippen molar-refractivity contribution < 1.29 is 4.57 Å². The Morgan fingerprint density at radius 3 is 2.11 bits per heavy atom. The third-order valence-corrected chi connectivity index (χ3v) is 11.3. The summed E-state index contributed by atoms with van der Waals surface area (Å²) in [6.07, 6.45) is 11.7. The topological polar surface area (TPSA) is 108 Å². The largest absolute Gasteiger partial charge is 0.398 e. The van der Waals surface area contributed by atoms with E-state index in [9.17, 15) is 0 Å². The number of aromatic nitrogens is 2. The van der Waals surface area contributed by atoms with E-state index in [1.165, 1.54) is 42.5 Å². The lowest BCUT2D eigenvalue weighted by Crippen LogP contribution is -2.41. The van der Waals surface area contributed by atoms with Gasteiger partial charge in [-0.1, -0.05) is 62.1 Å². The van der Waals surface area contributed by atoms with E-state index < -0.39 is 0 Å². The van der Waals surface area contributed by atoms with Crippen LogP contribution in [0.2, 0.25) is 0 Å². The Kier molecular flexibility index (Phi) is 10.5. The molecule has 56 heavy (non-hydrogen) atoms. The maximum Gasteiger partial charge on any atom is 0.242 e. The number of nitrogen functional groups attached to an aromatic ring is 2. The molecule has 1 unspecified atom stereocenters. The predicted molar refractivity (Wildman–Crippen MR) is 236 cm³/mol. The monoisotopic (exact) mass is 741 g/mol. The van der Waals surface area contributed by atoms with E-state index in [0.717, 1.165) is 105 Å². The van der Waals surface area contributed by atoms with E-state index in [1.54, 1.807) is 0 Å². The standard InChI is InChI=1S/C48H52N8/c1-31-25-42-45(28-37(31)49)55(35-17-11-9-12-18-35)47-30-41(33(3)27-44(47)54-42)52-24-16-8-6-5-7-15-23-51-39-21-22-40-48(34(39)4)56(36-19-13-10-14-20-36)46-29-38(50)32(2)26-43(46)53-40/h9-14,17-22,25-30,47,52H,5-8,15-16,23-24,49H2,1-4H3,(H2,50,51)/p+1. The first-order chi connectivity index (χ1) is 27.3. The smallest absolute Gasteiger partial charge is 0.242 e. The molecule has 1 aliphatic carbocycles. The minimum absolute atomic E-state index is 0.00451. The number of benzene rings is 5. The first-order valence-electron chi connectivity index (χ1n) is 20.1. The van der Waals surface area contributed by atoms with Crippen LogP contribution < -0.4 is 31.6 Å². The Labute approximate surface area is 330 Å². The van der Waals surface area contributed by atoms with Crippen LogP contribution in [0.25, 0.3) is 27.8 Å². The second-order valence-corrected chi connectivity index (χ2v) is 15.4. The Balaban J connectivity index is 0.843. The highest BCUT2D eigenvalue weighted by Crippen LogP contribution is 2.44. The fourth-order valence-electron chi connectivity index (χ4n) is 8.13. The van der Waals surface area contributed by atoms with E-state index in [-0.39, 0.29) is 6.04 Å². The zero-order chi connectivity index (χ0) is 38.8. The van der Waals surface area contributed by atoms with Gasteiger partial charge < -0.3 is 27.0 Å². The minimum atomic E-state index is -0.00451. The number of nitrogens with one attached hydrogen (secondary N) is 2. The number of aryl methyl sites for hydroxylation is 3. The molecule has 1 aromatic heterocycles. The molecular weight excluding hydrogens is 689 g/mol. The van der Waals surface area contributed by atoms with Crippen LogP contribution in [0, 0.1) is 20.8 Å². The number of allylic oxidation sites excluding steroid dienone is 1. The molecule has 6 aromatic rings. The van der Waals surface area contributed by atoms with E-state index in [2.05, 4.69) is 143 Å². The van der Waals surface area contributed by atoms with Crippen molar-refractivity contribution in [2.24, 2.45) is 4.99 Å². The number of anilines is 5. The van der Waals surface area contributed by atoms with Gasteiger partial charge in [-0.15, -0.1) is 4.57 Å². The molecule has 0 spiro atoms. The molecule has 0 saturated heterocycles. The summed E-state index contributed by atoms with van der Waals surface area (Å²) < 4.78 is 2.31. The molecule has 0 fully saturated rings. The Bertz CT molecular complexity index is 2500. The van der Waals surface area contributed by atoms with Gasteiger partial charge in [-0.3, -0.25) is 0 Å². The van der Waals surface area contributed by atoms with Gasteiger partial charge in [0, 0.05) is 65.3 Å². The molecule has 2 heterocycles. The third kappa shape index (κ3) is 7.31. The van der Waals surface area contributed by atoms with E-state index in [4.69, 9.17) is 21.4 Å². The summed E-state index contributed by atoms with van der Waals surface area (Å²) in [6.45, 7) is 10.3. The van der Waals surface area contributed by atoms with Crippen molar-refractivity contribution in [3.05, 3.63) is 137 Å². The van der Waals surface area contributed by atoms with Crippen molar-refractivity contribution in [3.8, 4) is 5.69 Å². The molecule has 0 radical (unpaired) electrons.